The van der Waals surface area contributed by atoms with Gasteiger partial charge in [0.1, 0.15) is 17.3 Å². The standard InChI is InChI=1S/C15H12N4O/c1-10-7-8-16-15(9-10)18-14-6-5-11-12(17-14)3-2-4-13(11)19-20/h2-9H,1H3,(H,16,17,18). The molecule has 98 valence electrons. The van der Waals surface area contributed by atoms with Crippen LogP contribution < -0.4 is 5.32 Å². The molecule has 0 aliphatic carbocycles. The fraction of sp³-hybridized carbons (Fsp3) is 0.0667. The predicted molar refractivity (Wildman–Crippen MR) is 79.5 cm³/mol. The van der Waals surface area contributed by atoms with Crippen LogP contribution in [0.3, 0.4) is 0 Å². The molecule has 0 radical (unpaired) electrons. The Hall–Kier alpha value is -2.82. The average molecular weight is 264 g/mol. The summed E-state index contributed by atoms with van der Waals surface area (Å²) >= 11 is 0. The van der Waals surface area contributed by atoms with Crippen molar-refractivity contribution in [2.24, 2.45) is 5.18 Å². The lowest BCUT2D eigenvalue weighted by atomic mass is 10.2. The highest BCUT2D eigenvalue weighted by Gasteiger charge is 2.04. The van der Waals surface area contributed by atoms with E-state index in [9.17, 15) is 4.91 Å². The second-order valence-electron chi connectivity index (χ2n) is 4.48. The molecule has 0 unspecified atom stereocenters. The number of nitrogens with zero attached hydrogens (tertiary/aromatic N) is 3. The summed E-state index contributed by atoms with van der Waals surface area (Å²) in [5, 5.41) is 6.89. The van der Waals surface area contributed by atoms with E-state index in [1.807, 2.05) is 31.2 Å². The first-order chi connectivity index (χ1) is 9.76. The molecule has 20 heavy (non-hydrogen) atoms. The predicted octanol–water partition coefficient (Wildman–Crippen LogP) is 4.08. The van der Waals surface area contributed by atoms with Crippen LogP contribution in [0.4, 0.5) is 17.3 Å². The van der Waals surface area contributed by atoms with Gasteiger partial charge in [0.15, 0.2) is 0 Å². The van der Waals surface area contributed by atoms with Gasteiger partial charge in [-0.3, -0.25) is 0 Å². The maximum atomic E-state index is 10.7. The molecule has 0 spiro atoms. The summed E-state index contributed by atoms with van der Waals surface area (Å²) in [7, 11) is 0. The Bertz CT molecular complexity index is 786. The maximum Gasteiger partial charge on any atom is 0.132 e. The molecule has 0 saturated heterocycles. The molecule has 0 amide bonds. The third-order valence-electron chi connectivity index (χ3n) is 2.98. The third-order valence-corrected chi connectivity index (χ3v) is 2.98. The highest BCUT2D eigenvalue weighted by atomic mass is 16.3. The van der Waals surface area contributed by atoms with Gasteiger partial charge in [0.05, 0.1) is 5.52 Å². The quantitative estimate of drug-likeness (QED) is 0.724. The van der Waals surface area contributed by atoms with Gasteiger partial charge in [0.2, 0.25) is 0 Å². The average Bonchev–Trinajstić information content (AvgIpc) is 2.46. The molecule has 3 rings (SSSR count). The van der Waals surface area contributed by atoms with Gasteiger partial charge >= 0.3 is 0 Å². The third kappa shape index (κ3) is 2.33. The summed E-state index contributed by atoms with van der Waals surface area (Å²) in [5.74, 6) is 1.42. The van der Waals surface area contributed by atoms with Gasteiger partial charge in [0, 0.05) is 11.6 Å². The van der Waals surface area contributed by atoms with Crippen LogP contribution in [0, 0.1) is 11.8 Å². The highest BCUT2D eigenvalue weighted by molar-refractivity contribution is 5.90. The van der Waals surface area contributed by atoms with E-state index < -0.39 is 0 Å². The second-order valence-corrected chi connectivity index (χ2v) is 4.48. The summed E-state index contributed by atoms with van der Waals surface area (Å²) < 4.78 is 0. The lowest BCUT2D eigenvalue weighted by Crippen LogP contribution is -1.96. The Morgan fingerprint density at radius 3 is 2.80 bits per heavy atom. The number of hydrogen-bond donors (Lipinski definition) is 1. The van der Waals surface area contributed by atoms with Crippen molar-refractivity contribution in [2.45, 2.75) is 6.92 Å². The van der Waals surface area contributed by atoms with Crippen LogP contribution in [0.5, 0.6) is 0 Å². The number of anilines is 2. The first-order valence-corrected chi connectivity index (χ1v) is 6.19. The molecule has 0 bridgehead atoms. The van der Waals surface area contributed by atoms with Crippen molar-refractivity contribution in [1.29, 1.82) is 0 Å². The summed E-state index contributed by atoms with van der Waals surface area (Å²) in [6.07, 6.45) is 1.74. The molecule has 1 aromatic carbocycles. The van der Waals surface area contributed by atoms with Gasteiger partial charge in [-0.25, -0.2) is 9.97 Å². The van der Waals surface area contributed by atoms with Crippen LogP contribution in [-0.4, -0.2) is 9.97 Å². The lowest BCUT2D eigenvalue weighted by Gasteiger charge is -2.07. The van der Waals surface area contributed by atoms with E-state index >= 15 is 0 Å². The number of aryl methyl sites for hydroxylation is 1. The minimum atomic E-state index is 0.398. The Morgan fingerprint density at radius 1 is 1.10 bits per heavy atom. The van der Waals surface area contributed by atoms with Gasteiger partial charge in [0.25, 0.3) is 0 Å². The first-order valence-electron chi connectivity index (χ1n) is 6.19. The largest absolute Gasteiger partial charge is 0.325 e. The number of pyridine rings is 2. The van der Waals surface area contributed by atoms with Crippen molar-refractivity contribution >= 4 is 28.2 Å². The first kappa shape index (κ1) is 12.2. The Labute approximate surface area is 115 Å². The lowest BCUT2D eigenvalue weighted by molar-refractivity contribution is 1.25. The molecule has 5 nitrogen and oxygen atoms in total. The van der Waals surface area contributed by atoms with Gasteiger partial charge < -0.3 is 5.32 Å². The molecule has 2 heterocycles. The summed E-state index contributed by atoms with van der Waals surface area (Å²) in [5.41, 5.74) is 2.24. The van der Waals surface area contributed by atoms with Crippen LogP contribution in [0.15, 0.2) is 53.8 Å². The Morgan fingerprint density at radius 2 is 2.00 bits per heavy atom. The molecule has 0 aliphatic heterocycles. The zero-order chi connectivity index (χ0) is 13.9. The number of nitroso groups, excluding NO2 is 1. The monoisotopic (exact) mass is 264 g/mol. The topological polar surface area (TPSA) is 67.2 Å². The fourth-order valence-corrected chi connectivity index (χ4v) is 2.02. The summed E-state index contributed by atoms with van der Waals surface area (Å²) in [6, 6.07) is 12.8. The number of nitrogens with one attached hydrogen (secondary N) is 1. The smallest absolute Gasteiger partial charge is 0.132 e. The fourth-order valence-electron chi connectivity index (χ4n) is 2.02. The molecule has 1 N–H and O–H groups in total. The minimum Gasteiger partial charge on any atom is -0.325 e. The van der Waals surface area contributed by atoms with Gasteiger partial charge in [-0.1, -0.05) is 6.07 Å². The molecule has 2 aromatic heterocycles. The molecular formula is C15H12N4O. The Balaban J connectivity index is 1.99. The highest BCUT2D eigenvalue weighted by Crippen LogP contribution is 2.26. The van der Waals surface area contributed by atoms with Crippen LogP contribution in [0.25, 0.3) is 10.9 Å². The number of benzene rings is 1. The maximum absolute atomic E-state index is 10.7. The van der Waals surface area contributed by atoms with Gasteiger partial charge in [-0.05, 0) is 54.1 Å². The number of rotatable bonds is 3. The molecule has 0 fully saturated rings. The van der Waals surface area contributed by atoms with E-state index in [0.29, 0.717) is 11.5 Å². The van der Waals surface area contributed by atoms with Crippen LogP contribution in [-0.2, 0) is 0 Å². The van der Waals surface area contributed by atoms with Crippen LogP contribution in [0.2, 0.25) is 0 Å². The van der Waals surface area contributed by atoms with E-state index in [4.69, 9.17) is 0 Å². The number of fused-ring (bicyclic) bond motifs is 1. The minimum absolute atomic E-state index is 0.398. The van der Waals surface area contributed by atoms with Crippen molar-refractivity contribution in [3.05, 3.63) is 59.1 Å². The Kier molecular flexibility index (Phi) is 3.09. The van der Waals surface area contributed by atoms with E-state index in [1.54, 1.807) is 24.4 Å². The van der Waals surface area contributed by atoms with Crippen LogP contribution >= 0.6 is 0 Å². The van der Waals surface area contributed by atoms with Crippen molar-refractivity contribution in [1.82, 2.24) is 9.97 Å². The van der Waals surface area contributed by atoms with Crippen molar-refractivity contribution < 1.29 is 0 Å². The summed E-state index contributed by atoms with van der Waals surface area (Å²) in [6.45, 7) is 2.00. The molecule has 0 atom stereocenters. The number of hydrogen-bond acceptors (Lipinski definition) is 5. The van der Waals surface area contributed by atoms with E-state index in [2.05, 4.69) is 20.5 Å². The van der Waals surface area contributed by atoms with E-state index in [-0.39, 0.29) is 0 Å². The van der Waals surface area contributed by atoms with Crippen molar-refractivity contribution in [3.8, 4) is 0 Å². The second kappa shape index (κ2) is 5.05. The molecule has 0 saturated carbocycles. The molecule has 3 aromatic rings. The SMILES string of the molecule is Cc1ccnc(Nc2ccc3c(N=O)cccc3n2)c1. The normalized spacial score (nSPS) is 10.4. The zero-order valence-electron chi connectivity index (χ0n) is 10.9. The van der Waals surface area contributed by atoms with Crippen LogP contribution in [0.1, 0.15) is 5.56 Å². The molecular weight excluding hydrogens is 252 g/mol. The van der Waals surface area contributed by atoms with E-state index in [0.717, 1.165) is 22.3 Å². The summed E-state index contributed by atoms with van der Waals surface area (Å²) in [4.78, 5) is 19.4. The molecule has 0 aliphatic rings. The van der Waals surface area contributed by atoms with E-state index in [1.165, 1.54) is 0 Å². The van der Waals surface area contributed by atoms with Crippen molar-refractivity contribution in [2.75, 3.05) is 5.32 Å². The van der Waals surface area contributed by atoms with Gasteiger partial charge in [-0.15, -0.1) is 4.91 Å². The van der Waals surface area contributed by atoms with Crippen molar-refractivity contribution in [3.63, 3.8) is 0 Å². The number of aromatic nitrogens is 2. The molecule has 5 heteroatoms. The van der Waals surface area contributed by atoms with Gasteiger partial charge in [-0.2, -0.15) is 0 Å². The zero-order valence-corrected chi connectivity index (χ0v) is 10.9.